The Hall–Kier alpha value is -3.10. The number of ether oxygens (including phenoxy) is 2. The molecule has 0 radical (unpaired) electrons. The van der Waals surface area contributed by atoms with Crippen LogP contribution >= 0.6 is 0 Å². The third-order valence-corrected chi connectivity index (χ3v) is 8.12. The van der Waals surface area contributed by atoms with E-state index >= 15 is 0 Å². The van der Waals surface area contributed by atoms with Crippen molar-refractivity contribution in [1.82, 2.24) is 9.21 Å². The van der Waals surface area contributed by atoms with Gasteiger partial charge in [-0.2, -0.15) is 4.31 Å². The molecule has 8 heteroatoms. The molecule has 0 N–H and O–H groups in total. The van der Waals surface area contributed by atoms with Crippen molar-refractivity contribution in [2.24, 2.45) is 0 Å². The molecule has 2 aliphatic rings. The van der Waals surface area contributed by atoms with E-state index in [-0.39, 0.29) is 10.8 Å². The monoisotopic (exact) mass is 466 g/mol. The summed E-state index contributed by atoms with van der Waals surface area (Å²) in [4.78, 5) is 15.0. The SMILES string of the molecule is CN(Cc1ccc2ccccc2c1)C(=O)C1CCCN1S(=O)(=O)c1ccc2c(c1)OCCO2. The lowest BCUT2D eigenvalue weighted by Crippen LogP contribution is -2.46. The molecule has 172 valence electrons. The maximum atomic E-state index is 13.4. The molecular weight excluding hydrogens is 440 g/mol. The van der Waals surface area contributed by atoms with Crippen LogP contribution in [0, 0.1) is 0 Å². The quantitative estimate of drug-likeness (QED) is 0.576. The van der Waals surface area contributed by atoms with Gasteiger partial charge in [-0.3, -0.25) is 4.79 Å². The van der Waals surface area contributed by atoms with Crippen molar-refractivity contribution in [3.8, 4) is 11.5 Å². The van der Waals surface area contributed by atoms with E-state index in [0.29, 0.717) is 50.6 Å². The molecule has 3 aromatic rings. The van der Waals surface area contributed by atoms with Gasteiger partial charge in [-0.15, -0.1) is 0 Å². The molecule has 7 nitrogen and oxygen atoms in total. The van der Waals surface area contributed by atoms with E-state index in [4.69, 9.17) is 9.47 Å². The number of nitrogens with zero attached hydrogens (tertiary/aromatic N) is 2. The maximum Gasteiger partial charge on any atom is 0.243 e. The van der Waals surface area contributed by atoms with Crippen LogP contribution < -0.4 is 9.47 Å². The molecular formula is C25H26N2O5S. The number of carbonyl (C=O) groups excluding carboxylic acids is 1. The first-order valence-electron chi connectivity index (χ1n) is 11.1. The number of sulfonamides is 1. The Bertz CT molecular complexity index is 1310. The van der Waals surface area contributed by atoms with Gasteiger partial charge in [-0.25, -0.2) is 8.42 Å². The summed E-state index contributed by atoms with van der Waals surface area (Å²) in [5.41, 5.74) is 1.00. The van der Waals surface area contributed by atoms with Crippen LogP contribution in [0.15, 0.2) is 65.6 Å². The standard InChI is InChI=1S/C25H26N2O5S/c1-26(17-18-8-9-19-5-2-3-6-20(19)15-18)25(28)22-7-4-12-27(22)33(29,30)21-10-11-23-24(16-21)32-14-13-31-23/h2-3,5-6,8-11,15-16,22H,4,7,12-14,17H2,1H3. The Kier molecular flexibility index (Phi) is 5.72. The minimum atomic E-state index is -3.85. The smallest absolute Gasteiger partial charge is 0.243 e. The summed E-state index contributed by atoms with van der Waals surface area (Å²) in [5.74, 6) is 0.754. The molecule has 1 atom stereocenters. The number of rotatable bonds is 5. The molecule has 3 aromatic carbocycles. The zero-order valence-corrected chi connectivity index (χ0v) is 19.3. The van der Waals surface area contributed by atoms with E-state index in [0.717, 1.165) is 16.3 Å². The zero-order valence-electron chi connectivity index (χ0n) is 18.4. The lowest BCUT2D eigenvalue weighted by atomic mass is 10.1. The highest BCUT2D eigenvalue weighted by molar-refractivity contribution is 7.89. The van der Waals surface area contributed by atoms with Gasteiger partial charge in [0.15, 0.2) is 11.5 Å². The Balaban J connectivity index is 1.35. The van der Waals surface area contributed by atoms with E-state index in [1.54, 1.807) is 18.0 Å². The van der Waals surface area contributed by atoms with Crippen molar-refractivity contribution in [2.45, 2.75) is 30.3 Å². The van der Waals surface area contributed by atoms with Crippen molar-refractivity contribution in [2.75, 3.05) is 26.8 Å². The molecule has 1 saturated heterocycles. The first kappa shape index (κ1) is 21.7. The van der Waals surface area contributed by atoms with E-state index in [1.807, 2.05) is 36.4 Å². The highest BCUT2D eigenvalue weighted by atomic mass is 32.2. The van der Waals surface area contributed by atoms with Gasteiger partial charge in [-0.05, 0) is 47.4 Å². The minimum absolute atomic E-state index is 0.114. The molecule has 0 bridgehead atoms. The fourth-order valence-corrected chi connectivity index (χ4v) is 6.20. The minimum Gasteiger partial charge on any atom is -0.486 e. The van der Waals surface area contributed by atoms with Crippen LogP contribution in [0.1, 0.15) is 18.4 Å². The molecule has 0 aromatic heterocycles. The molecule has 1 fully saturated rings. The van der Waals surface area contributed by atoms with E-state index in [1.165, 1.54) is 16.4 Å². The summed E-state index contributed by atoms with van der Waals surface area (Å²) < 4.78 is 39.2. The third kappa shape index (κ3) is 4.16. The molecule has 1 amide bonds. The first-order valence-corrected chi connectivity index (χ1v) is 12.5. The van der Waals surface area contributed by atoms with Crippen molar-refractivity contribution in [3.63, 3.8) is 0 Å². The molecule has 0 spiro atoms. The number of hydrogen-bond acceptors (Lipinski definition) is 5. The molecule has 2 aliphatic heterocycles. The normalized spacial score (nSPS) is 18.4. The summed E-state index contributed by atoms with van der Waals surface area (Å²) in [6.45, 7) is 1.54. The highest BCUT2D eigenvalue weighted by Crippen LogP contribution is 2.35. The van der Waals surface area contributed by atoms with Gasteiger partial charge in [-0.1, -0.05) is 36.4 Å². The maximum absolute atomic E-state index is 13.4. The largest absolute Gasteiger partial charge is 0.486 e. The second-order valence-corrected chi connectivity index (χ2v) is 10.3. The number of benzene rings is 3. The van der Waals surface area contributed by atoms with Crippen LogP contribution in [0.4, 0.5) is 0 Å². The fraction of sp³-hybridized carbons (Fsp3) is 0.320. The predicted octanol–water partition coefficient (Wildman–Crippen LogP) is 3.42. The average Bonchev–Trinajstić information content (AvgIpc) is 3.34. The van der Waals surface area contributed by atoms with Gasteiger partial charge >= 0.3 is 0 Å². The second kappa shape index (κ2) is 8.68. The predicted molar refractivity (Wildman–Crippen MR) is 125 cm³/mol. The Morgan fingerprint density at radius 3 is 2.58 bits per heavy atom. The Morgan fingerprint density at radius 1 is 1.00 bits per heavy atom. The number of amides is 1. The fourth-order valence-electron chi connectivity index (χ4n) is 4.54. The van der Waals surface area contributed by atoms with Gasteiger partial charge in [0.2, 0.25) is 15.9 Å². The van der Waals surface area contributed by atoms with Crippen LogP contribution in [0.5, 0.6) is 11.5 Å². The summed E-state index contributed by atoms with van der Waals surface area (Å²) in [7, 11) is -2.12. The molecule has 0 aliphatic carbocycles. The summed E-state index contributed by atoms with van der Waals surface area (Å²) in [6.07, 6.45) is 1.15. The number of likely N-dealkylation sites (N-methyl/N-ethyl adjacent to an activating group) is 1. The molecule has 0 saturated carbocycles. The summed E-state index contributed by atoms with van der Waals surface area (Å²) in [5, 5.41) is 2.25. The van der Waals surface area contributed by atoms with Gasteiger partial charge < -0.3 is 14.4 Å². The van der Waals surface area contributed by atoms with Crippen LogP contribution in [-0.2, 0) is 21.4 Å². The Morgan fingerprint density at radius 2 is 1.76 bits per heavy atom. The van der Waals surface area contributed by atoms with Crippen molar-refractivity contribution < 1.29 is 22.7 Å². The molecule has 2 heterocycles. The van der Waals surface area contributed by atoms with E-state index in [2.05, 4.69) is 6.07 Å². The number of fused-ring (bicyclic) bond motifs is 2. The van der Waals surface area contributed by atoms with Crippen molar-refractivity contribution in [1.29, 1.82) is 0 Å². The highest BCUT2D eigenvalue weighted by Gasteiger charge is 2.41. The van der Waals surface area contributed by atoms with Crippen LogP contribution in [0.2, 0.25) is 0 Å². The second-order valence-electron chi connectivity index (χ2n) is 8.46. The van der Waals surface area contributed by atoms with E-state index in [9.17, 15) is 13.2 Å². The van der Waals surface area contributed by atoms with Crippen LogP contribution in [0.25, 0.3) is 10.8 Å². The molecule has 33 heavy (non-hydrogen) atoms. The topological polar surface area (TPSA) is 76.2 Å². The van der Waals surface area contributed by atoms with Crippen LogP contribution in [0.3, 0.4) is 0 Å². The zero-order chi connectivity index (χ0) is 23.0. The first-order chi connectivity index (χ1) is 15.9. The Labute approximate surface area is 193 Å². The lowest BCUT2D eigenvalue weighted by molar-refractivity contribution is -0.133. The van der Waals surface area contributed by atoms with Gasteiger partial charge in [0.05, 0.1) is 4.90 Å². The third-order valence-electron chi connectivity index (χ3n) is 6.22. The average molecular weight is 467 g/mol. The van der Waals surface area contributed by atoms with Gasteiger partial charge in [0, 0.05) is 26.2 Å². The molecule has 5 rings (SSSR count). The van der Waals surface area contributed by atoms with Crippen molar-refractivity contribution >= 4 is 26.7 Å². The molecule has 1 unspecified atom stereocenters. The van der Waals surface area contributed by atoms with Crippen molar-refractivity contribution in [3.05, 3.63) is 66.2 Å². The van der Waals surface area contributed by atoms with Gasteiger partial charge in [0.1, 0.15) is 19.3 Å². The summed E-state index contributed by atoms with van der Waals surface area (Å²) >= 11 is 0. The van der Waals surface area contributed by atoms with Crippen LogP contribution in [-0.4, -0.2) is 56.4 Å². The van der Waals surface area contributed by atoms with E-state index < -0.39 is 16.1 Å². The summed E-state index contributed by atoms with van der Waals surface area (Å²) in [6, 6.07) is 18.1. The number of carbonyl (C=O) groups is 1. The van der Waals surface area contributed by atoms with Gasteiger partial charge in [0.25, 0.3) is 0 Å². The number of hydrogen-bond donors (Lipinski definition) is 0. The lowest BCUT2D eigenvalue weighted by Gasteiger charge is -2.28.